The molecule has 2 aromatic rings. The molecule has 0 amide bonds. The second kappa shape index (κ2) is 5.51. The fraction of sp³-hybridized carbons (Fsp3) is 0.154. The number of halogens is 3. The monoisotopic (exact) mass is 314 g/mol. The second-order valence-corrected chi connectivity index (χ2v) is 4.43. The fourth-order valence-electron chi connectivity index (χ4n) is 1.77. The number of hydrogen-bond acceptors (Lipinski definition) is 3. The molecule has 2 N–H and O–H groups in total. The molecule has 0 aliphatic carbocycles. The van der Waals surface area contributed by atoms with Crippen LogP contribution in [-0.2, 0) is 12.7 Å². The lowest BCUT2D eigenvalue weighted by atomic mass is 10.1. The van der Waals surface area contributed by atoms with E-state index in [-0.39, 0.29) is 6.54 Å². The van der Waals surface area contributed by atoms with E-state index in [1.54, 1.807) is 0 Å². The van der Waals surface area contributed by atoms with E-state index in [9.17, 15) is 27.6 Å². The molecule has 1 heterocycles. The molecule has 0 unspecified atom stereocenters. The average molecular weight is 314 g/mol. The smallest absolute Gasteiger partial charge is 0.416 e. The summed E-state index contributed by atoms with van der Waals surface area (Å²) in [6, 6.07) is 4.04. The molecule has 0 aliphatic heterocycles. The highest BCUT2D eigenvalue weighted by Gasteiger charge is 2.29. The zero-order chi connectivity index (χ0) is 16.5. The molecule has 1 aromatic heterocycles. The first-order chi connectivity index (χ1) is 10.2. The summed E-state index contributed by atoms with van der Waals surface area (Å²) in [4.78, 5) is 35.5. The first kappa shape index (κ1) is 15.5. The minimum absolute atomic E-state index is 0.173. The number of H-pyrrole nitrogens is 1. The van der Waals surface area contributed by atoms with Crippen LogP contribution in [0, 0.1) is 0 Å². The van der Waals surface area contributed by atoms with Crippen LogP contribution in [0.5, 0.6) is 0 Å². The lowest BCUT2D eigenvalue weighted by Gasteiger charge is -2.09. The Morgan fingerprint density at radius 3 is 2.27 bits per heavy atom. The standard InChI is InChI=1S/C13H9F3N2O4/c14-13(15,16)8-3-1-7(2-4-8)5-18-6-9(11(20)21)10(19)17-12(18)22/h1-4,6H,5H2,(H,20,21)(H,17,19,22). The molecule has 0 atom stereocenters. The number of aromatic amines is 1. The number of carbonyl (C=O) groups is 1. The molecular weight excluding hydrogens is 305 g/mol. The van der Waals surface area contributed by atoms with Gasteiger partial charge in [-0.3, -0.25) is 14.3 Å². The van der Waals surface area contributed by atoms with Crippen molar-refractivity contribution in [1.82, 2.24) is 9.55 Å². The molecule has 0 fully saturated rings. The van der Waals surface area contributed by atoms with Crippen molar-refractivity contribution < 1.29 is 23.1 Å². The minimum Gasteiger partial charge on any atom is -0.477 e. The number of carboxylic acids is 1. The second-order valence-electron chi connectivity index (χ2n) is 4.43. The van der Waals surface area contributed by atoms with Gasteiger partial charge in [0.1, 0.15) is 5.56 Å². The SMILES string of the molecule is O=C(O)c1cn(Cc2ccc(C(F)(F)F)cc2)c(=O)[nH]c1=O. The zero-order valence-corrected chi connectivity index (χ0v) is 10.8. The maximum atomic E-state index is 12.4. The van der Waals surface area contributed by atoms with Gasteiger partial charge in [0, 0.05) is 6.20 Å². The lowest BCUT2D eigenvalue weighted by molar-refractivity contribution is -0.137. The van der Waals surface area contributed by atoms with Crippen LogP contribution in [-0.4, -0.2) is 20.6 Å². The molecule has 9 heteroatoms. The molecular formula is C13H9F3N2O4. The van der Waals surface area contributed by atoms with E-state index in [0.717, 1.165) is 22.9 Å². The summed E-state index contributed by atoms with van der Waals surface area (Å²) in [5.74, 6) is -1.51. The molecule has 0 saturated heterocycles. The highest BCUT2D eigenvalue weighted by Crippen LogP contribution is 2.29. The van der Waals surface area contributed by atoms with Crippen LogP contribution in [0.3, 0.4) is 0 Å². The van der Waals surface area contributed by atoms with Gasteiger partial charge in [0.25, 0.3) is 5.56 Å². The Hall–Kier alpha value is -2.84. The molecule has 6 nitrogen and oxygen atoms in total. The van der Waals surface area contributed by atoms with Gasteiger partial charge in [-0.05, 0) is 17.7 Å². The number of aromatic nitrogens is 2. The van der Waals surface area contributed by atoms with E-state index < -0.39 is 34.5 Å². The van der Waals surface area contributed by atoms with Crippen LogP contribution in [0.25, 0.3) is 0 Å². The number of rotatable bonds is 3. The van der Waals surface area contributed by atoms with Gasteiger partial charge < -0.3 is 5.11 Å². The van der Waals surface area contributed by atoms with Crippen molar-refractivity contribution in [2.75, 3.05) is 0 Å². The topological polar surface area (TPSA) is 92.2 Å². The van der Waals surface area contributed by atoms with Crippen molar-refractivity contribution in [2.24, 2.45) is 0 Å². The molecule has 0 aliphatic rings. The number of nitrogens with zero attached hydrogens (tertiary/aromatic N) is 1. The summed E-state index contributed by atoms with van der Waals surface area (Å²) in [5, 5.41) is 8.81. The minimum atomic E-state index is -4.47. The Morgan fingerprint density at radius 2 is 1.77 bits per heavy atom. The average Bonchev–Trinajstić information content (AvgIpc) is 2.41. The van der Waals surface area contributed by atoms with E-state index in [2.05, 4.69) is 0 Å². The van der Waals surface area contributed by atoms with E-state index >= 15 is 0 Å². The van der Waals surface area contributed by atoms with E-state index in [4.69, 9.17) is 5.11 Å². The fourth-order valence-corrected chi connectivity index (χ4v) is 1.77. The predicted octanol–water partition coefficient (Wildman–Crippen LogP) is 1.30. The maximum absolute atomic E-state index is 12.4. The largest absolute Gasteiger partial charge is 0.477 e. The number of aromatic carboxylic acids is 1. The summed E-state index contributed by atoms with van der Waals surface area (Å²) >= 11 is 0. The summed E-state index contributed by atoms with van der Waals surface area (Å²) < 4.78 is 38.2. The Balaban J connectivity index is 2.35. The number of hydrogen-bond donors (Lipinski definition) is 2. The van der Waals surface area contributed by atoms with E-state index in [1.807, 2.05) is 4.98 Å². The van der Waals surface area contributed by atoms with Crippen molar-refractivity contribution in [3.63, 3.8) is 0 Å². The number of carboxylic acid groups (broad SMARTS) is 1. The molecule has 0 bridgehead atoms. The molecule has 0 spiro atoms. The maximum Gasteiger partial charge on any atom is 0.416 e. The lowest BCUT2D eigenvalue weighted by Crippen LogP contribution is -2.33. The van der Waals surface area contributed by atoms with Gasteiger partial charge in [-0.25, -0.2) is 9.59 Å². The van der Waals surface area contributed by atoms with Crippen LogP contribution in [0.1, 0.15) is 21.5 Å². The summed E-state index contributed by atoms with van der Waals surface area (Å²) in [6.45, 7) is -0.173. The van der Waals surface area contributed by atoms with Gasteiger partial charge in [0.15, 0.2) is 0 Å². The zero-order valence-electron chi connectivity index (χ0n) is 10.8. The first-order valence-electron chi connectivity index (χ1n) is 5.91. The molecule has 116 valence electrons. The molecule has 1 aromatic carbocycles. The third-order valence-electron chi connectivity index (χ3n) is 2.88. The number of nitrogens with one attached hydrogen (secondary N) is 1. The van der Waals surface area contributed by atoms with Gasteiger partial charge in [0.05, 0.1) is 12.1 Å². The highest BCUT2D eigenvalue weighted by atomic mass is 19.4. The van der Waals surface area contributed by atoms with Crippen molar-refractivity contribution in [3.8, 4) is 0 Å². The molecule has 2 rings (SSSR count). The number of benzene rings is 1. The van der Waals surface area contributed by atoms with Gasteiger partial charge >= 0.3 is 17.8 Å². The summed E-state index contributed by atoms with van der Waals surface area (Å²) in [7, 11) is 0. The molecule has 0 radical (unpaired) electrons. The quantitative estimate of drug-likeness (QED) is 0.893. The van der Waals surface area contributed by atoms with E-state index in [0.29, 0.717) is 5.56 Å². The van der Waals surface area contributed by atoms with Gasteiger partial charge in [-0.1, -0.05) is 12.1 Å². The number of alkyl halides is 3. The summed E-state index contributed by atoms with van der Waals surface area (Å²) in [6.07, 6.45) is -3.62. The van der Waals surface area contributed by atoms with Crippen LogP contribution >= 0.6 is 0 Å². The first-order valence-corrected chi connectivity index (χ1v) is 5.91. The predicted molar refractivity (Wildman–Crippen MR) is 68.8 cm³/mol. The third-order valence-corrected chi connectivity index (χ3v) is 2.88. The normalized spacial score (nSPS) is 11.4. The van der Waals surface area contributed by atoms with Crippen LogP contribution in [0.15, 0.2) is 40.1 Å². The van der Waals surface area contributed by atoms with Crippen molar-refractivity contribution in [3.05, 3.63) is 68.0 Å². The van der Waals surface area contributed by atoms with Crippen molar-refractivity contribution in [2.45, 2.75) is 12.7 Å². The van der Waals surface area contributed by atoms with Crippen LogP contribution in [0.2, 0.25) is 0 Å². The molecule has 0 saturated carbocycles. The van der Waals surface area contributed by atoms with Crippen molar-refractivity contribution in [1.29, 1.82) is 0 Å². The Morgan fingerprint density at radius 1 is 1.18 bits per heavy atom. The van der Waals surface area contributed by atoms with Crippen LogP contribution in [0.4, 0.5) is 13.2 Å². The summed E-state index contributed by atoms with van der Waals surface area (Å²) in [5.41, 5.74) is -3.02. The van der Waals surface area contributed by atoms with Crippen molar-refractivity contribution >= 4 is 5.97 Å². The van der Waals surface area contributed by atoms with Gasteiger partial charge in [-0.15, -0.1) is 0 Å². The Kier molecular flexibility index (Phi) is 3.89. The highest BCUT2D eigenvalue weighted by molar-refractivity contribution is 5.86. The van der Waals surface area contributed by atoms with E-state index in [1.165, 1.54) is 12.1 Å². The van der Waals surface area contributed by atoms with Gasteiger partial charge in [0.2, 0.25) is 0 Å². The molecule has 22 heavy (non-hydrogen) atoms. The van der Waals surface area contributed by atoms with Crippen LogP contribution < -0.4 is 11.2 Å². The Labute approximate surface area is 120 Å². The van der Waals surface area contributed by atoms with Gasteiger partial charge in [-0.2, -0.15) is 13.2 Å². The third kappa shape index (κ3) is 3.25. The Bertz CT molecular complexity index is 819.